The second-order valence-corrected chi connectivity index (χ2v) is 5.67. The lowest BCUT2D eigenvalue weighted by Gasteiger charge is -2.19. The van der Waals surface area contributed by atoms with Gasteiger partial charge in [-0.25, -0.2) is 9.78 Å². The van der Waals surface area contributed by atoms with Crippen molar-refractivity contribution >= 4 is 28.8 Å². The summed E-state index contributed by atoms with van der Waals surface area (Å²) in [5.74, 6) is 0.455. The molecule has 7 nitrogen and oxygen atoms in total. The zero-order chi connectivity index (χ0) is 15.6. The van der Waals surface area contributed by atoms with E-state index in [-0.39, 0.29) is 5.95 Å². The number of carbonyl (C=O) groups excluding carboxylic acids is 1. The Morgan fingerprint density at radius 1 is 1.29 bits per heavy atom. The van der Waals surface area contributed by atoms with Crippen LogP contribution in [0.1, 0.15) is 26.3 Å². The van der Waals surface area contributed by atoms with E-state index in [0.29, 0.717) is 23.3 Å². The van der Waals surface area contributed by atoms with Gasteiger partial charge < -0.3 is 21.5 Å². The number of nitrogens with zero attached hydrogens (tertiary/aromatic N) is 2. The van der Waals surface area contributed by atoms with Gasteiger partial charge in [-0.3, -0.25) is 0 Å². The Kier molecular flexibility index (Phi) is 3.84. The minimum atomic E-state index is -0.525. The SMILES string of the molecule is CC(C)(C)OC(=O)NCc1ccc2nc(N)nc(N)c2c1. The standard InChI is InChI=1S/C14H19N5O2/c1-14(2,3)21-13(20)17-7-8-4-5-10-9(6-8)11(15)19-12(16)18-10/h4-6H,7H2,1-3H3,(H,17,20)(H4,15,16,18,19). The molecule has 2 rings (SSSR count). The summed E-state index contributed by atoms with van der Waals surface area (Å²) in [5.41, 5.74) is 12.4. The molecule has 1 amide bonds. The predicted molar refractivity (Wildman–Crippen MR) is 81.4 cm³/mol. The van der Waals surface area contributed by atoms with Crippen LogP contribution >= 0.6 is 0 Å². The van der Waals surface area contributed by atoms with E-state index in [2.05, 4.69) is 15.3 Å². The summed E-state index contributed by atoms with van der Waals surface area (Å²) in [5, 5.41) is 3.39. The summed E-state index contributed by atoms with van der Waals surface area (Å²) in [6, 6.07) is 5.45. The third-order valence-electron chi connectivity index (χ3n) is 2.64. The molecule has 0 fully saturated rings. The van der Waals surface area contributed by atoms with Crippen LogP contribution in [-0.2, 0) is 11.3 Å². The van der Waals surface area contributed by atoms with Crippen LogP contribution < -0.4 is 16.8 Å². The van der Waals surface area contributed by atoms with E-state index in [1.165, 1.54) is 0 Å². The second-order valence-electron chi connectivity index (χ2n) is 5.67. The van der Waals surface area contributed by atoms with E-state index in [0.717, 1.165) is 5.56 Å². The van der Waals surface area contributed by atoms with Gasteiger partial charge in [-0.15, -0.1) is 0 Å². The lowest BCUT2D eigenvalue weighted by atomic mass is 10.1. The van der Waals surface area contributed by atoms with Crippen LogP contribution in [0.25, 0.3) is 10.9 Å². The Balaban J connectivity index is 2.12. The number of nitrogens with one attached hydrogen (secondary N) is 1. The van der Waals surface area contributed by atoms with Gasteiger partial charge in [0.15, 0.2) is 0 Å². The molecule has 0 unspecified atom stereocenters. The molecule has 1 aromatic carbocycles. The first-order valence-electron chi connectivity index (χ1n) is 6.53. The smallest absolute Gasteiger partial charge is 0.407 e. The molecule has 5 N–H and O–H groups in total. The number of nitrogens with two attached hydrogens (primary N) is 2. The van der Waals surface area contributed by atoms with Gasteiger partial charge in [0.05, 0.1) is 5.52 Å². The average molecular weight is 289 g/mol. The first-order chi connectivity index (χ1) is 9.74. The monoisotopic (exact) mass is 289 g/mol. The van der Waals surface area contributed by atoms with Crippen LogP contribution in [-0.4, -0.2) is 21.7 Å². The Hall–Kier alpha value is -2.57. The number of amides is 1. The Labute approximate surface area is 122 Å². The zero-order valence-electron chi connectivity index (χ0n) is 12.3. The van der Waals surface area contributed by atoms with Crippen LogP contribution in [0.15, 0.2) is 18.2 Å². The summed E-state index contributed by atoms with van der Waals surface area (Å²) in [7, 11) is 0. The zero-order valence-corrected chi connectivity index (χ0v) is 12.3. The van der Waals surface area contributed by atoms with Gasteiger partial charge in [0, 0.05) is 11.9 Å². The molecule has 0 spiro atoms. The molecule has 7 heteroatoms. The number of anilines is 2. The highest BCUT2D eigenvalue weighted by Gasteiger charge is 2.15. The Morgan fingerprint density at radius 3 is 2.67 bits per heavy atom. The van der Waals surface area contributed by atoms with Crippen molar-refractivity contribution in [3.63, 3.8) is 0 Å². The normalized spacial score (nSPS) is 11.4. The van der Waals surface area contributed by atoms with Crippen LogP contribution in [0, 0.1) is 0 Å². The van der Waals surface area contributed by atoms with Gasteiger partial charge in [-0.05, 0) is 38.5 Å². The van der Waals surface area contributed by atoms with E-state index in [9.17, 15) is 4.79 Å². The summed E-state index contributed by atoms with van der Waals surface area (Å²) >= 11 is 0. The Bertz CT molecular complexity index is 679. The minimum Gasteiger partial charge on any atom is -0.444 e. The number of rotatable bonds is 2. The average Bonchev–Trinajstić information content (AvgIpc) is 2.34. The fraction of sp³-hybridized carbons (Fsp3) is 0.357. The highest BCUT2D eigenvalue weighted by atomic mass is 16.6. The third kappa shape index (κ3) is 3.95. The number of aromatic nitrogens is 2. The topological polar surface area (TPSA) is 116 Å². The number of ether oxygens (including phenoxy) is 1. The van der Waals surface area contributed by atoms with Crippen molar-refractivity contribution in [1.29, 1.82) is 0 Å². The quantitative estimate of drug-likeness (QED) is 0.776. The molecule has 0 saturated carbocycles. The van der Waals surface area contributed by atoms with Crippen molar-refractivity contribution in [2.75, 3.05) is 11.5 Å². The lowest BCUT2D eigenvalue weighted by molar-refractivity contribution is 0.0523. The fourth-order valence-electron chi connectivity index (χ4n) is 1.82. The molecular formula is C14H19N5O2. The van der Waals surface area contributed by atoms with Gasteiger partial charge in [-0.1, -0.05) is 6.07 Å². The number of hydrogen-bond donors (Lipinski definition) is 3. The molecule has 0 aliphatic rings. The maximum atomic E-state index is 11.6. The molecule has 0 aliphatic carbocycles. The summed E-state index contributed by atoms with van der Waals surface area (Å²) < 4.78 is 5.17. The van der Waals surface area contributed by atoms with Gasteiger partial charge in [0.2, 0.25) is 5.95 Å². The number of fused-ring (bicyclic) bond motifs is 1. The fourth-order valence-corrected chi connectivity index (χ4v) is 1.82. The third-order valence-corrected chi connectivity index (χ3v) is 2.64. The van der Waals surface area contributed by atoms with Crippen LogP contribution in [0.2, 0.25) is 0 Å². The maximum Gasteiger partial charge on any atom is 0.407 e. The van der Waals surface area contributed by atoms with Gasteiger partial charge in [0.25, 0.3) is 0 Å². The molecule has 1 aromatic heterocycles. The first kappa shape index (κ1) is 14.8. The molecule has 0 saturated heterocycles. The molecule has 1 heterocycles. The first-order valence-corrected chi connectivity index (χ1v) is 6.53. The highest BCUT2D eigenvalue weighted by Crippen LogP contribution is 2.20. The second kappa shape index (κ2) is 5.43. The minimum absolute atomic E-state index is 0.139. The molecule has 21 heavy (non-hydrogen) atoms. The van der Waals surface area contributed by atoms with Crippen molar-refractivity contribution < 1.29 is 9.53 Å². The van der Waals surface area contributed by atoms with Crippen molar-refractivity contribution in [3.8, 4) is 0 Å². The number of alkyl carbamates (subject to hydrolysis) is 1. The van der Waals surface area contributed by atoms with E-state index in [4.69, 9.17) is 16.2 Å². The van der Waals surface area contributed by atoms with Gasteiger partial charge in [-0.2, -0.15) is 4.98 Å². The molecule has 0 bridgehead atoms. The van der Waals surface area contributed by atoms with Gasteiger partial charge in [0.1, 0.15) is 11.4 Å². The summed E-state index contributed by atoms with van der Waals surface area (Å²) in [4.78, 5) is 19.6. The largest absolute Gasteiger partial charge is 0.444 e. The molecule has 112 valence electrons. The molecule has 0 aliphatic heterocycles. The summed E-state index contributed by atoms with van der Waals surface area (Å²) in [6.45, 7) is 5.76. The molecular weight excluding hydrogens is 270 g/mol. The molecule has 2 aromatic rings. The van der Waals surface area contributed by atoms with E-state index < -0.39 is 11.7 Å². The number of hydrogen-bond acceptors (Lipinski definition) is 6. The van der Waals surface area contributed by atoms with Gasteiger partial charge >= 0.3 is 6.09 Å². The van der Waals surface area contributed by atoms with Crippen molar-refractivity contribution in [2.24, 2.45) is 0 Å². The van der Waals surface area contributed by atoms with Crippen LogP contribution in [0.4, 0.5) is 16.6 Å². The molecule has 0 atom stereocenters. The number of carbonyl (C=O) groups is 1. The van der Waals surface area contributed by atoms with Crippen molar-refractivity contribution in [1.82, 2.24) is 15.3 Å². The van der Waals surface area contributed by atoms with Crippen molar-refractivity contribution in [3.05, 3.63) is 23.8 Å². The van der Waals surface area contributed by atoms with E-state index >= 15 is 0 Å². The highest BCUT2D eigenvalue weighted by molar-refractivity contribution is 5.89. The summed E-state index contributed by atoms with van der Waals surface area (Å²) in [6.07, 6.45) is -0.468. The predicted octanol–water partition coefficient (Wildman–Crippen LogP) is 1.82. The number of benzene rings is 1. The van der Waals surface area contributed by atoms with Crippen molar-refractivity contribution in [2.45, 2.75) is 32.9 Å². The number of nitrogen functional groups attached to an aromatic ring is 2. The van der Waals surface area contributed by atoms with E-state index in [1.54, 1.807) is 6.07 Å². The molecule has 0 radical (unpaired) electrons. The van der Waals surface area contributed by atoms with Crippen LogP contribution in [0.3, 0.4) is 0 Å². The lowest BCUT2D eigenvalue weighted by Crippen LogP contribution is -2.32. The Morgan fingerprint density at radius 2 is 2.00 bits per heavy atom. The van der Waals surface area contributed by atoms with Crippen LogP contribution in [0.5, 0.6) is 0 Å². The van der Waals surface area contributed by atoms with E-state index in [1.807, 2.05) is 32.9 Å². The maximum absolute atomic E-state index is 11.6.